The Morgan fingerprint density at radius 1 is 1.13 bits per heavy atom. The highest BCUT2D eigenvalue weighted by atomic mass is 35.6. The summed E-state index contributed by atoms with van der Waals surface area (Å²) >= 11 is 33.8. The minimum Gasteiger partial charge on any atom is -0.382 e. The lowest BCUT2D eigenvalue weighted by Gasteiger charge is -2.23. The summed E-state index contributed by atoms with van der Waals surface area (Å²) in [5.74, 6) is 0.341. The van der Waals surface area contributed by atoms with Gasteiger partial charge in [0.2, 0.25) is 7.59 Å². The van der Waals surface area contributed by atoms with Gasteiger partial charge in [-0.05, 0) is 12.5 Å². The molecule has 0 radical (unpaired) electrons. The van der Waals surface area contributed by atoms with Gasteiger partial charge in [0.05, 0.1) is 37.2 Å². The second-order valence-corrected chi connectivity index (χ2v) is 13.3. The average Bonchev–Trinajstić information content (AvgIpc) is 3.30. The first-order valence-electron chi connectivity index (χ1n) is 8.71. The van der Waals surface area contributed by atoms with Crippen LogP contribution in [-0.2, 0) is 22.9 Å². The Morgan fingerprint density at radius 3 is 2.39 bits per heavy atom. The molecule has 1 aliphatic rings. The van der Waals surface area contributed by atoms with E-state index >= 15 is 0 Å². The largest absolute Gasteiger partial charge is 0.475 e. The fourth-order valence-electron chi connectivity index (χ4n) is 2.86. The summed E-state index contributed by atoms with van der Waals surface area (Å²) < 4.78 is 32.3. The third-order valence-corrected chi connectivity index (χ3v) is 6.18. The summed E-state index contributed by atoms with van der Waals surface area (Å²) in [4.78, 5) is 8.32. The van der Waals surface area contributed by atoms with Crippen molar-refractivity contribution in [1.29, 1.82) is 0 Å². The fraction of sp³-hybridized carbons (Fsp3) is 0.600. The normalized spacial score (nSPS) is 20.6. The number of pyridine rings is 1. The van der Waals surface area contributed by atoms with E-state index in [9.17, 15) is 4.57 Å². The zero-order valence-corrected chi connectivity index (χ0v) is 21.0. The van der Waals surface area contributed by atoms with E-state index in [0.717, 1.165) is 5.52 Å². The summed E-state index contributed by atoms with van der Waals surface area (Å²) in [5.41, 5.74) is 7.28. The second-order valence-electron chi connectivity index (χ2n) is 6.58. The topological polar surface area (TPSA) is 111 Å². The van der Waals surface area contributed by atoms with Crippen molar-refractivity contribution in [1.82, 2.24) is 14.5 Å². The Balaban J connectivity index is 1.62. The van der Waals surface area contributed by atoms with E-state index in [1.54, 1.807) is 12.5 Å². The summed E-state index contributed by atoms with van der Waals surface area (Å²) in [6, 6.07) is 1.76. The molecule has 1 fully saturated rings. The van der Waals surface area contributed by atoms with E-state index in [2.05, 4.69) is 9.97 Å². The van der Waals surface area contributed by atoms with Crippen LogP contribution < -0.4 is 5.73 Å². The van der Waals surface area contributed by atoms with Crippen LogP contribution in [0.2, 0.25) is 0 Å². The third kappa shape index (κ3) is 7.62. The van der Waals surface area contributed by atoms with Crippen molar-refractivity contribution in [3.8, 4) is 0 Å². The van der Waals surface area contributed by atoms with Crippen molar-refractivity contribution in [2.24, 2.45) is 0 Å². The summed E-state index contributed by atoms with van der Waals surface area (Å²) in [5, 5.41) is 0. The number of aromatic nitrogens is 3. The highest BCUT2D eigenvalue weighted by molar-refractivity contribution is 7.48. The minimum absolute atomic E-state index is 0.0519. The van der Waals surface area contributed by atoms with Crippen LogP contribution in [0.3, 0.4) is 0 Å². The molecule has 2 atom stereocenters. The Bertz CT molecular complexity index is 930. The lowest BCUT2D eigenvalue weighted by Crippen LogP contribution is -2.20. The molecule has 2 N–H and O–H groups in total. The first kappa shape index (κ1) is 25.8. The molecule has 31 heavy (non-hydrogen) atoms. The van der Waals surface area contributed by atoms with Crippen LogP contribution in [0.15, 0.2) is 18.6 Å². The maximum absolute atomic E-state index is 12.9. The number of nitrogen functional groups attached to an aromatic ring is 1. The van der Waals surface area contributed by atoms with Crippen molar-refractivity contribution < 1.29 is 22.9 Å². The van der Waals surface area contributed by atoms with Crippen LogP contribution >= 0.6 is 77.4 Å². The highest BCUT2D eigenvalue weighted by Crippen LogP contribution is 2.53. The molecular weight excluding hydrogens is 560 g/mol. The molecule has 174 valence electrons. The number of phosphoric acid groups is 1. The van der Waals surface area contributed by atoms with Gasteiger partial charge in [0.25, 0.3) is 0 Å². The number of alkyl halides is 6. The Morgan fingerprint density at radius 2 is 1.77 bits per heavy atom. The number of hydrogen-bond donors (Lipinski definition) is 1. The van der Waals surface area contributed by atoms with Gasteiger partial charge in [-0.25, -0.2) is 14.5 Å². The van der Waals surface area contributed by atoms with Crippen LogP contribution in [0.4, 0.5) is 5.82 Å². The molecule has 0 saturated carbocycles. The number of fused-ring (bicyclic) bond motifs is 1. The predicted molar refractivity (Wildman–Crippen MR) is 121 cm³/mol. The number of nitrogens with zero attached hydrogens (tertiary/aromatic N) is 3. The molecule has 0 spiro atoms. The molecule has 3 heterocycles. The third-order valence-electron chi connectivity index (χ3n) is 4.16. The summed E-state index contributed by atoms with van der Waals surface area (Å²) in [6.45, 7) is -0.904. The number of phosphoric ester groups is 1. The molecule has 3 rings (SSSR count). The molecule has 0 aromatic carbocycles. The van der Waals surface area contributed by atoms with Crippen molar-refractivity contribution >= 4 is 94.3 Å². The molecule has 2 aromatic heterocycles. The SMILES string of the molecule is Nc1nccc2c1ncn2[C@H]1CO[C@@H](COP(=O)(OCC(Cl)(Cl)Cl)OCC(Cl)(Cl)Cl)C1. The van der Waals surface area contributed by atoms with E-state index < -0.39 is 34.7 Å². The Hall–Kier alpha value is 0.230. The standard InChI is InChI=1S/C15H17Cl6N4O5P/c16-14(17,18)6-29-31(26,30-7-15(19,20)21)28-5-10-3-9(4-27-10)25-8-24-12-11(25)1-2-23-13(12)22/h1-2,8-10H,3-7H2,(H2,22,23)/t9-,10-/m1/s1. The lowest BCUT2D eigenvalue weighted by atomic mass is 10.2. The molecular formula is C15H17Cl6N4O5P. The van der Waals surface area contributed by atoms with Gasteiger partial charge in [-0.1, -0.05) is 69.6 Å². The van der Waals surface area contributed by atoms with Crippen LogP contribution in [0.5, 0.6) is 0 Å². The first-order valence-corrected chi connectivity index (χ1v) is 12.4. The van der Waals surface area contributed by atoms with Crippen molar-refractivity contribution in [3.63, 3.8) is 0 Å². The smallest absolute Gasteiger partial charge is 0.382 e. The van der Waals surface area contributed by atoms with E-state index in [0.29, 0.717) is 24.4 Å². The maximum Gasteiger partial charge on any atom is 0.475 e. The number of anilines is 1. The quantitative estimate of drug-likeness (QED) is 0.335. The van der Waals surface area contributed by atoms with Gasteiger partial charge in [-0.3, -0.25) is 13.6 Å². The Labute approximate surface area is 207 Å². The zero-order chi connectivity index (χ0) is 22.9. The summed E-state index contributed by atoms with van der Waals surface area (Å²) in [7, 11) is -4.22. The van der Waals surface area contributed by atoms with Crippen molar-refractivity contribution in [2.75, 3.05) is 32.2 Å². The van der Waals surface area contributed by atoms with Gasteiger partial charge < -0.3 is 15.0 Å². The van der Waals surface area contributed by atoms with E-state index in [-0.39, 0.29) is 12.6 Å². The Kier molecular flexibility index (Phi) is 8.53. The maximum atomic E-state index is 12.9. The molecule has 9 nitrogen and oxygen atoms in total. The molecule has 1 aliphatic heterocycles. The van der Waals surface area contributed by atoms with Crippen molar-refractivity contribution in [3.05, 3.63) is 18.6 Å². The van der Waals surface area contributed by atoms with Crippen LogP contribution in [0, 0.1) is 0 Å². The average molecular weight is 577 g/mol. The number of halogens is 6. The van der Waals surface area contributed by atoms with Crippen LogP contribution in [-0.4, -0.2) is 54.7 Å². The molecule has 0 bridgehead atoms. The van der Waals surface area contributed by atoms with Gasteiger partial charge >= 0.3 is 7.82 Å². The minimum atomic E-state index is -4.22. The molecule has 0 unspecified atom stereocenters. The monoisotopic (exact) mass is 574 g/mol. The number of hydrogen-bond acceptors (Lipinski definition) is 8. The summed E-state index contributed by atoms with van der Waals surface area (Å²) in [6.07, 6.45) is 3.37. The number of imidazole rings is 1. The van der Waals surface area contributed by atoms with Crippen LogP contribution in [0.1, 0.15) is 12.5 Å². The van der Waals surface area contributed by atoms with Gasteiger partial charge in [-0.2, -0.15) is 0 Å². The number of nitrogens with two attached hydrogens (primary N) is 1. The zero-order valence-electron chi connectivity index (χ0n) is 15.6. The number of ether oxygens (including phenoxy) is 1. The molecule has 0 amide bonds. The highest BCUT2D eigenvalue weighted by Gasteiger charge is 2.37. The van der Waals surface area contributed by atoms with Crippen LogP contribution in [0.25, 0.3) is 11.0 Å². The van der Waals surface area contributed by atoms with Gasteiger partial charge in [-0.15, -0.1) is 0 Å². The van der Waals surface area contributed by atoms with Gasteiger partial charge in [0.15, 0.2) is 5.82 Å². The molecule has 16 heteroatoms. The lowest BCUT2D eigenvalue weighted by molar-refractivity contribution is 0.0395. The fourth-order valence-corrected chi connectivity index (χ4v) is 4.92. The van der Waals surface area contributed by atoms with E-state index in [1.165, 1.54) is 0 Å². The number of rotatable bonds is 8. The molecule has 2 aromatic rings. The van der Waals surface area contributed by atoms with Crippen molar-refractivity contribution in [2.45, 2.75) is 26.2 Å². The van der Waals surface area contributed by atoms with Gasteiger partial charge in [0.1, 0.15) is 18.7 Å². The second kappa shape index (κ2) is 10.2. The predicted octanol–water partition coefficient (Wildman–Crippen LogP) is 5.24. The van der Waals surface area contributed by atoms with E-state index in [1.807, 2.05) is 10.6 Å². The van der Waals surface area contributed by atoms with Gasteiger partial charge in [0, 0.05) is 6.20 Å². The molecule has 0 aliphatic carbocycles. The van der Waals surface area contributed by atoms with E-state index in [4.69, 9.17) is 93.6 Å². The molecule has 1 saturated heterocycles. The first-order chi connectivity index (χ1) is 14.4.